The normalized spacial score (nSPS) is 12.9. The zero-order chi connectivity index (χ0) is 14.8. The Labute approximate surface area is 124 Å². The molecule has 3 rings (SSSR count). The number of fused-ring (bicyclic) bond motifs is 1. The maximum absolute atomic E-state index is 5.99. The molecule has 110 valence electrons. The zero-order valence-corrected chi connectivity index (χ0v) is 12.8. The van der Waals surface area contributed by atoms with Gasteiger partial charge in [-0.3, -0.25) is 0 Å². The summed E-state index contributed by atoms with van der Waals surface area (Å²) in [6, 6.07) is 8.63. The van der Waals surface area contributed by atoms with Gasteiger partial charge in [-0.05, 0) is 38.6 Å². The lowest BCUT2D eigenvalue weighted by molar-refractivity contribution is 0.429. The lowest BCUT2D eigenvalue weighted by Crippen LogP contribution is -2.17. The van der Waals surface area contributed by atoms with Crippen molar-refractivity contribution in [3.05, 3.63) is 53.8 Å². The molecule has 2 aromatic heterocycles. The Balaban J connectivity index is 1.79. The Hall–Kier alpha value is -2.07. The first kappa shape index (κ1) is 13.9. The quantitative estimate of drug-likeness (QED) is 0.780. The van der Waals surface area contributed by atoms with E-state index in [-0.39, 0.29) is 6.04 Å². The number of rotatable bonds is 5. The molecule has 0 bridgehead atoms. The molecule has 0 radical (unpaired) electrons. The van der Waals surface area contributed by atoms with Crippen LogP contribution in [0, 0.1) is 6.92 Å². The van der Waals surface area contributed by atoms with Gasteiger partial charge in [-0.1, -0.05) is 11.6 Å². The Morgan fingerprint density at radius 2 is 2.19 bits per heavy atom. The highest BCUT2D eigenvalue weighted by Crippen LogP contribution is 2.27. The highest BCUT2D eigenvalue weighted by molar-refractivity contribution is 5.78. The van der Waals surface area contributed by atoms with Crippen LogP contribution in [0.5, 0.6) is 0 Å². The van der Waals surface area contributed by atoms with E-state index in [9.17, 15) is 0 Å². The summed E-state index contributed by atoms with van der Waals surface area (Å²) < 4.78 is 8.05. The summed E-state index contributed by atoms with van der Waals surface area (Å²) in [5, 5.41) is 4.51. The molecule has 4 nitrogen and oxygen atoms in total. The average Bonchev–Trinajstić information content (AvgIpc) is 3.05. The van der Waals surface area contributed by atoms with E-state index in [1.165, 1.54) is 10.9 Å². The molecule has 1 aromatic carbocycles. The summed E-state index contributed by atoms with van der Waals surface area (Å²) >= 11 is 0. The highest BCUT2D eigenvalue weighted by atomic mass is 16.3. The number of nitrogens with zero attached hydrogens (tertiary/aromatic N) is 2. The molecule has 3 aromatic rings. The summed E-state index contributed by atoms with van der Waals surface area (Å²) in [6.07, 6.45) is 5.70. The van der Waals surface area contributed by atoms with Gasteiger partial charge in [0.1, 0.15) is 17.2 Å². The Morgan fingerprint density at radius 1 is 1.33 bits per heavy atom. The van der Waals surface area contributed by atoms with Crippen molar-refractivity contribution in [2.24, 2.45) is 7.05 Å². The molecule has 1 N–H and O–H groups in total. The first-order chi connectivity index (χ1) is 10.2. The van der Waals surface area contributed by atoms with Crippen molar-refractivity contribution in [3.8, 4) is 0 Å². The van der Waals surface area contributed by atoms with Crippen LogP contribution in [0.2, 0.25) is 0 Å². The second-order valence-electron chi connectivity index (χ2n) is 5.52. The molecule has 0 saturated carbocycles. The molecule has 1 atom stereocenters. The van der Waals surface area contributed by atoms with Gasteiger partial charge in [0.05, 0.1) is 6.04 Å². The van der Waals surface area contributed by atoms with Crippen molar-refractivity contribution in [1.29, 1.82) is 0 Å². The number of benzene rings is 1. The molecule has 2 heterocycles. The molecule has 0 spiro atoms. The van der Waals surface area contributed by atoms with Gasteiger partial charge in [0, 0.05) is 31.2 Å². The van der Waals surface area contributed by atoms with E-state index in [0.717, 1.165) is 30.0 Å². The van der Waals surface area contributed by atoms with Crippen molar-refractivity contribution < 1.29 is 4.42 Å². The molecular weight excluding hydrogens is 262 g/mol. The van der Waals surface area contributed by atoms with E-state index in [1.54, 1.807) is 0 Å². The predicted octanol–water partition coefficient (Wildman–Crippen LogP) is 3.37. The number of furan rings is 1. The van der Waals surface area contributed by atoms with Gasteiger partial charge >= 0.3 is 0 Å². The summed E-state index contributed by atoms with van der Waals surface area (Å²) in [4.78, 5) is 4.37. The van der Waals surface area contributed by atoms with E-state index in [2.05, 4.69) is 40.0 Å². The second kappa shape index (κ2) is 5.74. The van der Waals surface area contributed by atoms with Crippen LogP contribution in [0.3, 0.4) is 0 Å². The van der Waals surface area contributed by atoms with Crippen LogP contribution in [-0.2, 0) is 13.5 Å². The van der Waals surface area contributed by atoms with Crippen LogP contribution in [0.1, 0.15) is 29.6 Å². The van der Waals surface area contributed by atoms with Crippen LogP contribution in [0.4, 0.5) is 0 Å². The number of hydrogen-bond donors (Lipinski definition) is 1. The number of imidazole rings is 1. The minimum Gasteiger partial charge on any atom is -0.459 e. The van der Waals surface area contributed by atoms with E-state index in [4.69, 9.17) is 4.42 Å². The summed E-state index contributed by atoms with van der Waals surface area (Å²) in [6.45, 7) is 2.10. The lowest BCUT2D eigenvalue weighted by atomic mass is 10.1. The molecular formula is C17H21N3O. The van der Waals surface area contributed by atoms with Crippen LogP contribution in [-0.4, -0.2) is 16.6 Å². The first-order valence-electron chi connectivity index (χ1n) is 7.31. The largest absolute Gasteiger partial charge is 0.459 e. The van der Waals surface area contributed by atoms with Crippen molar-refractivity contribution in [1.82, 2.24) is 14.9 Å². The molecule has 0 fully saturated rings. The standard InChI is InChI=1S/C17H21N3O/c1-12-4-6-15-13(10-12)11-16(21-15)14(18-2)5-7-17-19-8-9-20(17)3/h4,6,8-11,14,18H,5,7H2,1-3H3. The fourth-order valence-corrected chi connectivity index (χ4v) is 2.69. The van der Waals surface area contributed by atoms with Gasteiger partial charge in [0.25, 0.3) is 0 Å². The van der Waals surface area contributed by atoms with Crippen LogP contribution < -0.4 is 5.32 Å². The fourth-order valence-electron chi connectivity index (χ4n) is 2.69. The van der Waals surface area contributed by atoms with Crippen molar-refractivity contribution in [2.75, 3.05) is 7.05 Å². The van der Waals surface area contributed by atoms with Crippen molar-refractivity contribution in [3.63, 3.8) is 0 Å². The van der Waals surface area contributed by atoms with Crippen LogP contribution in [0.25, 0.3) is 11.0 Å². The third-order valence-electron chi connectivity index (χ3n) is 3.96. The number of aryl methyl sites for hydroxylation is 3. The Bertz CT molecular complexity index is 741. The minimum absolute atomic E-state index is 0.203. The molecule has 21 heavy (non-hydrogen) atoms. The molecule has 0 aliphatic carbocycles. The number of hydrogen-bond acceptors (Lipinski definition) is 3. The van der Waals surface area contributed by atoms with Crippen LogP contribution >= 0.6 is 0 Å². The molecule has 0 aliphatic heterocycles. The third-order valence-corrected chi connectivity index (χ3v) is 3.96. The van der Waals surface area contributed by atoms with E-state index >= 15 is 0 Å². The van der Waals surface area contributed by atoms with Gasteiger partial charge in [-0.15, -0.1) is 0 Å². The first-order valence-corrected chi connectivity index (χ1v) is 7.31. The van der Waals surface area contributed by atoms with E-state index in [0.29, 0.717) is 0 Å². The van der Waals surface area contributed by atoms with Gasteiger partial charge in [-0.25, -0.2) is 4.98 Å². The molecule has 0 amide bonds. The maximum Gasteiger partial charge on any atom is 0.134 e. The fraction of sp³-hybridized carbons (Fsp3) is 0.353. The number of nitrogens with one attached hydrogen (secondary N) is 1. The number of aromatic nitrogens is 2. The zero-order valence-electron chi connectivity index (χ0n) is 12.8. The van der Waals surface area contributed by atoms with E-state index < -0.39 is 0 Å². The monoisotopic (exact) mass is 283 g/mol. The highest BCUT2D eigenvalue weighted by Gasteiger charge is 2.15. The third kappa shape index (κ3) is 2.85. The predicted molar refractivity (Wildman–Crippen MR) is 84.3 cm³/mol. The molecule has 0 aliphatic rings. The van der Waals surface area contributed by atoms with Crippen LogP contribution in [0.15, 0.2) is 41.1 Å². The second-order valence-corrected chi connectivity index (χ2v) is 5.52. The Kier molecular flexibility index (Phi) is 3.80. The lowest BCUT2D eigenvalue weighted by Gasteiger charge is -2.13. The van der Waals surface area contributed by atoms with Gasteiger partial charge < -0.3 is 14.3 Å². The topological polar surface area (TPSA) is 43.0 Å². The molecule has 0 saturated heterocycles. The minimum atomic E-state index is 0.203. The van der Waals surface area contributed by atoms with E-state index in [1.807, 2.05) is 32.6 Å². The van der Waals surface area contributed by atoms with Gasteiger partial charge in [0.2, 0.25) is 0 Å². The smallest absolute Gasteiger partial charge is 0.134 e. The SMILES string of the molecule is CNC(CCc1nccn1C)c1cc2cc(C)ccc2o1. The average molecular weight is 283 g/mol. The molecule has 4 heteroatoms. The molecule has 1 unspecified atom stereocenters. The summed E-state index contributed by atoms with van der Waals surface area (Å²) in [5.41, 5.74) is 2.21. The maximum atomic E-state index is 5.99. The Morgan fingerprint density at radius 3 is 2.90 bits per heavy atom. The summed E-state index contributed by atoms with van der Waals surface area (Å²) in [5.74, 6) is 2.09. The summed E-state index contributed by atoms with van der Waals surface area (Å²) in [7, 11) is 4.00. The van der Waals surface area contributed by atoms with Crippen molar-refractivity contribution >= 4 is 11.0 Å². The van der Waals surface area contributed by atoms with Crippen molar-refractivity contribution in [2.45, 2.75) is 25.8 Å². The van der Waals surface area contributed by atoms with Gasteiger partial charge in [0.15, 0.2) is 0 Å². The van der Waals surface area contributed by atoms with Gasteiger partial charge in [-0.2, -0.15) is 0 Å².